The number of carbonyl (C=O) groups excluding carboxylic acids is 3. The summed E-state index contributed by atoms with van der Waals surface area (Å²) >= 11 is 0. The molecule has 2 atom stereocenters. The van der Waals surface area contributed by atoms with Gasteiger partial charge in [-0.25, -0.2) is 0 Å². The van der Waals surface area contributed by atoms with Gasteiger partial charge in [-0.15, -0.1) is 0 Å². The maximum atomic E-state index is 13.4. The highest BCUT2D eigenvalue weighted by Gasteiger charge is 2.41. The highest BCUT2D eigenvalue weighted by Crippen LogP contribution is 2.40. The molecule has 184 valence electrons. The van der Waals surface area contributed by atoms with Gasteiger partial charge < -0.3 is 14.1 Å². The van der Waals surface area contributed by atoms with E-state index < -0.39 is 17.9 Å². The average Bonchev–Trinajstić information content (AvgIpc) is 3.22. The third-order valence-electron chi connectivity index (χ3n) is 6.60. The molecule has 3 aromatic rings. The Morgan fingerprint density at radius 3 is 2.60 bits per heavy atom. The van der Waals surface area contributed by atoms with Crippen LogP contribution in [-0.2, 0) is 9.59 Å². The lowest BCUT2D eigenvalue weighted by molar-refractivity contribution is -0.143. The molecule has 8 nitrogen and oxygen atoms in total. The van der Waals surface area contributed by atoms with E-state index >= 15 is 0 Å². The summed E-state index contributed by atoms with van der Waals surface area (Å²) in [6, 6.07) is 14.3. The Kier molecular flexibility index (Phi) is 7.39. The van der Waals surface area contributed by atoms with Crippen LogP contribution in [0.4, 0.5) is 0 Å². The van der Waals surface area contributed by atoms with Crippen molar-refractivity contribution in [3.63, 3.8) is 0 Å². The first-order valence-electron chi connectivity index (χ1n) is 12.0. The van der Waals surface area contributed by atoms with Gasteiger partial charge in [0.2, 0.25) is 11.8 Å². The van der Waals surface area contributed by atoms with Crippen LogP contribution in [0.1, 0.15) is 60.3 Å². The number of nitrogens with zero attached hydrogens (tertiary/aromatic N) is 1. The maximum Gasteiger partial charge on any atom is 0.305 e. The lowest BCUT2D eigenvalue weighted by Crippen LogP contribution is -2.52. The van der Waals surface area contributed by atoms with Gasteiger partial charge in [0.25, 0.3) is 0 Å². The first kappa shape index (κ1) is 24.3. The molecule has 1 aromatic heterocycles. The summed E-state index contributed by atoms with van der Waals surface area (Å²) < 4.78 is 11.3. The molecule has 0 aliphatic carbocycles. The van der Waals surface area contributed by atoms with E-state index in [1.54, 1.807) is 25.0 Å². The van der Waals surface area contributed by atoms with Crippen molar-refractivity contribution in [2.45, 2.75) is 45.6 Å². The number of unbranched alkanes of at least 4 members (excludes halogenated alkanes) is 1. The van der Waals surface area contributed by atoms with Crippen molar-refractivity contribution in [1.82, 2.24) is 15.8 Å². The van der Waals surface area contributed by atoms with Gasteiger partial charge in [-0.05, 0) is 31.9 Å². The third-order valence-corrected chi connectivity index (χ3v) is 6.60. The summed E-state index contributed by atoms with van der Waals surface area (Å²) in [5.74, 6) is -0.671. The number of furan rings is 1. The normalized spacial score (nSPS) is 17.9. The molecule has 2 heterocycles. The number of fused-ring (bicyclic) bond motifs is 1. The lowest BCUT2D eigenvalue weighted by Gasteiger charge is -2.41. The number of nitrogens with one attached hydrogen (secondary N) is 2. The molecular weight excluding hydrogens is 446 g/mol. The lowest BCUT2D eigenvalue weighted by atomic mass is 9.83. The fourth-order valence-corrected chi connectivity index (χ4v) is 4.77. The van der Waals surface area contributed by atoms with Crippen molar-refractivity contribution in [1.29, 1.82) is 0 Å². The number of methoxy groups -OCH3 is 1. The topological polar surface area (TPSA) is 101 Å². The van der Waals surface area contributed by atoms with E-state index in [2.05, 4.69) is 17.8 Å². The van der Waals surface area contributed by atoms with Gasteiger partial charge in [0.05, 0.1) is 19.1 Å². The zero-order chi connectivity index (χ0) is 24.9. The first-order chi connectivity index (χ1) is 17.0. The molecule has 35 heavy (non-hydrogen) atoms. The van der Waals surface area contributed by atoms with E-state index in [9.17, 15) is 14.4 Å². The van der Waals surface area contributed by atoms with Crippen molar-refractivity contribution in [3.8, 4) is 5.75 Å². The maximum absolute atomic E-state index is 13.4. The van der Waals surface area contributed by atoms with E-state index in [1.165, 1.54) is 0 Å². The molecule has 2 N–H and O–H groups in total. The highest BCUT2D eigenvalue weighted by molar-refractivity contribution is 5.99. The molecule has 3 amide bonds. The Hall–Kier alpha value is -3.81. The predicted molar refractivity (Wildman–Crippen MR) is 132 cm³/mol. The van der Waals surface area contributed by atoms with Crippen LogP contribution in [0.2, 0.25) is 0 Å². The number of para-hydroxylation sites is 2. The van der Waals surface area contributed by atoms with Crippen LogP contribution in [0.5, 0.6) is 5.75 Å². The van der Waals surface area contributed by atoms with E-state index in [1.807, 2.05) is 42.5 Å². The largest absolute Gasteiger partial charge is 0.496 e. The second-order valence-electron chi connectivity index (χ2n) is 8.77. The Balaban J connectivity index is 1.57. The molecule has 4 rings (SSSR count). The fourth-order valence-electron chi connectivity index (χ4n) is 4.77. The van der Waals surface area contributed by atoms with E-state index in [0.29, 0.717) is 29.9 Å². The third kappa shape index (κ3) is 4.87. The van der Waals surface area contributed by atoms with Crippen molar-refractivity contribution in [2.75, 3.05) is 13.7 Å². The molecule has 0 saturated carbocycles. The second-order valence-corrected chi connectivity index (χ2v) is 8.77. The Morgan fingerprint density at radius 1 is 1.11 bits per heavy atom. The molecule has 0 radical (unpaired) electrons. The number of hydrogen-bond donors (Lipinski definition) is 2. The summed E-state index contributed by atoms with van der Waals surface area (Å²) in [6.07, 6.45) is 2.39. The molecule has 0 bridgehead atoms. The van der Waals surface area contributed by atoms with Crippen LogP contribution in [0.3, 0.4) is 0 Å². The van der Waals surface area contributed by atoms with Gasteiger partial charge in [-0.2, -0.15) is 0 Å². The Morgan fingerprint density at radius 2 is 1.86 bits per heavy atom. The van der Waals surface area contributed by atoms with E-state index in [0.717, 1.165) is 23.8 Å². The number of hydrazine groups is 1. The smallest absolute Gasteiger partial charge is 0.305 e. The molecule has 8 heteroatoms. The van der Waals surface area contributed by atoms with Gasteiger partial charge in [0.1, 0.15) is 11.3 Å². The van der Waals surface area contributed by atoms with Crippen LogP contribution < -0.4 is 15.6 Å². The molecular formula is C27H31N3O5. The summed E-state index contributed by atoms with van der Waals surface area (Å²) in [6.45, 7) is 4.41. The van der Waals surface area contributed by atoms with Crippen molar-refractivity contribution < 1.29 is 23.5 Å². The standard InChI is InChI=1S/C27H31N3O5/c1-4-5-16-30-23(31)15-14-20(24(30)19-11-7-8-12-21(19)34-3)26(32)28-29-27(33)25-17(2)18-10-6-9-13-22(18)35-25/h6-13,20,24H,4-5,14-16H2,1-3H3,(H,28,32)(H,29,33). The number of aryl methyl sites for hydroxylation is 1. The number of hydrogen-bond acceptors (Lipinski definition) is 5. The van der Waals surface area contributed by atoms with Gasteiger partial charge in [0.15, 0.2) is 5.76 Å². The molecule has 2 unspecified atom stereocenters. The SMILES string of the molecule is CCCCN1C(=O)CCC(C(=O)NNC(=O)c2oc3ccccc3c2C)C1c1ccccc1OC. The molecule has 1 saturated heterocycles. The van der Waals surface area contributed by atoms with Crippen molar-refractivity contribution in [2.24, 2.45) is 5.92 Å². The number of piperidine rings is 1. The Bertz CT molecular complexity index is 1230. The molecule has 1 fully saturated rings. The minimum atomic E-state index is -0.557. The van der Waals surface area contributed by atoms with E-state index in [-0.39, 0.29) is 24.0 Å². The number of rotatable bonds is 7. The first-order valence-corrected chi connectivity index (χ1v) is 12.0. The number of ether oxygens (including phenoxy) is 1. The number of amides is 3. The second kappa shape index (κ2) is 10.6. The Labute approximate surface area is 204 Å². The van der Waals surface area contributed by atoms with Crippen LogP contribution in [0.15, 0.2) is 52.9 Å². The summed E-state index contributed by atoms with van der Waals surface area (Å²) in [7, 11) is 1.57. The molecule has 1 aliphatic heterocycles. The highest BCUT2D eigenvalue weighted by atomic mass is 16.5. The summed E-state index contributed by atoms with van der Waals surface area (Å²) in [4.78, 5) is 40.9. The van der Waals surface area contributed by atoms with E-state index in [4.69, 9.17) is 9.15 Å². The van der Waals surface area contributed by atoms with Crippen molar-refractivity contribution >= 4 is 28.7 Å². The molecule has 0 spiro atoms. The van der Waals surface area contributed by atoms with Gasteiger partial charge in [-0.3, -0.25) is 25.2 Å². The van der Waals surface area contributed by atoms with Crippen LogP contribution in [-0.4, -0.2) is 36.3 Å². The summed E-state index contributed by atoms with van der Waals surface area (Å²) in [5, 5.41) is 0.845. The minimum Gasteiger partial charge on any atom is -0.496 e. The molecule has 1 aliphatic rings. The van der Waals surface area contributed by atoms with Gasteiger partial charge >= 0.3 is 5.91 Å². The van der Waals surface area contributed by atoms with Crippen LogP contribution in [0, 0.1) is 12.8 Å². The zero-order valence-corrected chi connectivity index (χ0v) is 20.3. The van der Waals surface area contributed by atoms with Gasteiger partial charge in [0, 0.05) is 29.5 Å². The minimum absolute atomic E-state index is 0.0142. The number of benzene rings is 2. The summed E-state index contributed by atoms with van der Waals surface area (Å²) in [5.41, 5.74) is 7.16. The van der Waals surface area contributed by atoms with Gasteiger partial charge in [-0.1, -0.05) is 49.7 Å². The van der Waals surface area contributed by atoms with Crippen LogP contribution >= 0.6 is 0 Å². The van der Waals surface area contributed by atoms with Crippen LogP contribution in [0.25, 0.3) is 11.0 Å². The van der Waals surface area contributed by atoms with Crippen molar-refractivity contribution in [3.05, 3.63) is 65.4 Å². The number of carbonyl (C=O) groups is 3. The molecule has 2 aromatic carbocycles. The zero-order valence-electron chi connectivity index (χ0n) is 20.3. The monoisotopic (exact) mass is 477 g/mol. The quantitative estimate of drug-likeness (QED) is 0.495. The average molecular weight is 478 g/mol. The fraction of sp³-hybridized carbons (Fsp3) is 0.370. The number of likely N-dealkylation sites (tertiary alicyclic amines) is 1. The predicted octanol–water partition coefficient (Wildman–Crippen LogP) is 4.29.